The molecule has 0 atom stereocenters. The molecule has 3 rings (SSSR count). The molecule has 0 unspecified atom stereocenters. The standard InChI is InChI=1S/C18H15NO5S/c1-23-14-5-3-4-11(16(14)24-2)10-15-17(21)19(18(22)25-15)12-6-8-13(20)9-7-12/h3-10,20H,1-2H3. The van der Waals surface area contributed by atoms with Gasteiger partial charge in [-0.25, -0.2) is 4.90 Å². The summed E-state index contributed by atoms with van der Waals surface area (Å²) >= 11 is 0.848. The molecule has 2 amide bonds. The second-order valence-corrected chi connectivity index (χ2v) is 6.11. The van der Waals surface area contributed by atoms with Gasteiger partial charge >= 0.3 is 0 Å². The Kier molecular flexibility index (Phi) is 4.67. The van der Waals surface area contributed by atoms with E-state index in [1.165, 1.54) is 38.5 Å². The quantitative estimate of drug-likeness (QED) is 0.842. The normalized spacial score (nSPS) is 15.8. The van der Waals surface area contributed by atoms with Crippen LogP contribution in [0.15, 0.2) is 47.4 Å². The summed E-state index contributed by atoms with van der Waals surface area (Å²) in [4.78, 5) is 26.3. The van der Waals surface area contributed by atoms with Crippen LogP contribution in [-0.4, -0.2) is 30.5 Å². The molecule has 6 nitrogen and oxygen atoms in total. The Balaban J connectivity index is 1.97. The van der Waals surface area contributed by atoms with E-state index in [2.05, 4.69) is 0 Å². The van der Waals surface area contributed by atoms with Crippen LogP contribution in [0.25, 0.3) is 6.08 Å². The molecule has 0 spiro atoms. The third kappa shape index (κ3) is 3.18. The number of phenolic OH excluding ortho intramolecular Hbond substituents is 1. The van der Waals surface area contributed by atoms with E-state index >= 15 is 0 Å². The van der Waals surface area contributed by atoms with Crippen molar-refractivity contribution in [3.05, 3.63) is 52.9 Å². The number of carbonyl (C=O) groups excluding carboxylic acids is 2. The van der Waals surface area contributed by atoms with Gasteiger partial charge in [-0.05, 0) is 48.2 Å². The summed E-state index contributed by atoms with van der Waals surface area (Å²) in [5.74, 6) is 0.661. The van der Waals surface area contributed by atoms with E-state index < -0.39 is 11.1 Å². The van der Waals surface area contributed by atoms with Crippen LogP contribution in [0, 0.1) is 0 Å². The summed E-state index contributed by atoms with van der Waals surface area (Å²) in [6, 6.07) is 11.2. The minimum atomic E-state index is -0.425. The van der Waals surface area contributed by atoms with Gasteiger partial charge in [0.25, 0.3) is 11.1 Å². The Morgan fingerprint density at radius 3 is 2.40 bits per heavy atom. The van der Waals surface area contributed by atoms with E-state index in [-0.39, 0.29) is 10.7 Å². The van der Waals surface area contributed by atoms with E-state index in [0.717, 1.165) is 16.7 Å². The van der Waals surface area contributed by atoms with E-state index in [1.54, 1.807) is 24.3 Å². The minimum Gasteiger partial charge on any atom is -0.508 e. The van der Waals surface area contributed by atoms with Gasteiger partial charge < -0.3 is 14.6 Å². The van der Waals surface area contributed by atoms with Crippen LogP contribution in [0.3, 0.4) is 0 Å². The maximum absolute atomic E-state index is 12.6. The van der Waals surface area contributed by atoms with Crippen molar-refractivity contribution in [1.29, 1.82) is 0 Å². The van der Waals surface area contributed by atoms with Gasteiger partial charge in [-0.3, -0.25) is 9.59 Å². The van der Waals surface area contributed by atoms with E-state index in [9.17, 15) is 14.7 Å². The van der Waals surface area contributed by atoms with Gasteiger partial charge in [0.05, 0.1) is 24.8 Å². The molecule has 0 bridgehead atoms. The maximum Gasteiger partial charge on any atom is 0.298 e. The van der Waals surface area contributed by atoms with Crippen LogP contribution in [0.2, 0.25) is 0 Å². The zero-order valence-corrected chi connectivity index (χ0v) is 14.4. The number of methoxy groups -OCH3 is 2. The largest absolute Gasteiger partial charge is 0.508 e. The molecular weight excluding hydrogens is 342 g/mol. The number of benzene rings is 2. The Labute approximate surface area is 148 Å². The number of aromatic hydroxyl groups is 1. The smallest absolute Gasteiger partial charge is 0.298 e. The van der Waals surface area contributed by atoms with Gasteiger partial charge in [-0.2, -0.15) is 0 Å². The van der Waals surface area contributed by atoms with Crippen molar-refractivity contribution in [1.82, 2.24) is 0 Å². The number of amides is 2. The number of hydrogen-bond donors (Lipinski definition) is 1. The summed E-state index contributed by atoms with van der Waals surface area (Å²) in [7, 11) is 3.04. The van der Waals surface area contributed by atoms with Crippen LogP contribution < -0.4 is 14.4 Å². The number of anilines is 1. The number of rotatable bonds is 4. The van der Waals surface area contributed by atoms with E-state index in [4.69, 9.17) is 9.47 Å². The predicted molar refractivity (Wildman–Crippen MR) is 96.1 cm³/mol. The average Bonchev–Trinajstić information content (AvgIpc) is 2.89. The van der Waals surface area contributed by atoms with E-state index in [1.807, 2.05) is 0 Å². The average molecular weight is 357 g/mol. The highest BCUT2D eigenvalue weighted by molar-refractivity contribution is 8.19. The van der Waals surface area contributed by atoms with Crippen molar-refractivity contribution in [3.63, 3.8) is 0 Å². The molecule has 1 aliphatic heterocycles. The SMILES string of the molecule is COc1cccc(C=C2SC(=O)N(c3ccc(O)cc3)C2=O)c1OC. The molecule has 1 N–H and O–H groups in total. The summed E-state index contributed by atoms with van der Waals surface area (Å²) in [6.45, 7) is 0. The molecule has 1 aliphatic rings. The van der Waals surface area contributed by atoms with E-state index in [0.29, 0.717) is 22.7 Å². The minimum absolute atomic E-state index is 0.0624. The monoisotopic (exact) mass is 357 g/mol. The molecule has 2 aromatic rings. The van der Waals surface area contributed by atoms with Gasteiger partial charge in [-0.15, -0.1) is 0 Å². The first kappa shape index (κ1) is 16.9. The fourth-order valence-electron chi connectivity index (χ4n) is 2.46. The molecule has 1 heterocycles. The second kappa shape index (κ2) is 6.90. The number of hydrogen-bond acceptors (Lipinski definition) is 6. The molecule has 7 heteroatoms. The number of phenols is 1. The predicted octanol–water partition coefficient (Wildman–Crippen LogP) is 3.65. The van der Waals surface area contributed by atoms with Gasteiger partial charge in [-0.1, -0.05) is 12.1 Å². The molecule has 1 saturated heterocycles. The molecule has 1 fully saturated rings. The van der Waals surface area contributed by atoms with Crippen LogP contribution in [0.4, 0.5) is 10.5 Å². The van der Waals surface area contributed by atoms with Crippen molar-refractivity contribution < 1.29 is 24.2 Å². The number of imide groups is 1. The summed E-state index contributed by atoms with van der Waals surface area (Å²) in [5.41, 5.74) is 1.04. The van der Waals surface area contributed by atoms with Crippen molar-refractivity contribution in [2.75, 3.05) is 19.1 Å². The maximum atomic E-state index is 12.6. The number of para-hydroxylation sites is 1. The highest BCUT2D eigenvalue weighted by Gasteiger charge is 2.36. The summed E-state index contributed by atoms with van der Waals surface area (Å²) in [5, 5.41) is 8.96. The van der Waals surface area contributed by atoms with Crippen molar-refractivity contribution >= 4 is 34.7 Å². The second-order valence-electron chi connectivity index (χ2n) is 5.12. The third-order valence-corrected chi connectivity index (χ3v) is 4.49. The number of thioether (sulfide) groups is 1. The van der Waals surface area contributed by atoms with Gasteiger partial charge in [0.2, 0.25) is 0 Å². The van der Waals surface area contributed by atoms with Gasteiger partial charge in [0.1, 0.15) is 5.75 Å². The number of carbonyl (C=O) groups is 2. The first-order valence-electron chi connectivity index (χ1n) is 7.33. The lowest BCUT2D eigenvalue weighted by atomic mass is 10.1. The first-order valence-corrected chi connectivity index (χ1v) is 8.14. The van der Waals surface area contributed by atoms with Crippen molar-refractivity contribution in [3.8, 4) is 17.2 Å². The van der Waals surface area contributed by atoms with Gasteiger partial charge in [0.15, 0.2) is 11.5 Å². The first-order chi connectivity index (χ1) is 12.0. The van der Waals surface area contributed by atoms with Crippen LogP contribution in [0.5, 0.6) is 17.2 Å². The Bertz CT molecular complexity index is 860. The fourth-order valence-corrected chi connectivity index (χ4v) is 3.29. The molecule has 0 aromatic heterocycles. The summed E-state index contributed by atoms with van der Waals surface area (Å²) < 4.78 is 10.6. The molecule has 25 heavy (non-hydrogen) atoms. The molecule has 0 radical (unpaired) electrons. The third-order valence-electron chi connectivity index (χ3n) is 3.62. The van der Waals surface area contributed by atoms with Gasteiger partial charge in [0, 0.05) is 5.56 Å². The lowest BCUT2D eigenvalue weighted by Gasteiger charge is -2.12. The lowest BCUT2D eigenvalue weighted by Crippen LogP contribution is -2.27. The van der Waals surface area contributed by atoms with Crippen LogP contribution >= 0.6 is 11.8 Å². The van der Waals surface area contributed by atoms with Crippen molar-refractivity contribution in [2.24, 2.45) is 0 Å². The molecule has 0 aliphatic carbocycles. The topological polar surface area (TPSA) is 76.1 Å². The number of nitrogens with zero attached hydrogens (tertiary/aromatic N) is 1. The Morgan fingerprint density at radius 2 is 1.76 bits per heavy atom. The zero-order valence-electron chi connectivity index (χ0n) is 13.6. The lowest BCUT2D eigenvalue weighted by molar-refractivity contribution is -0.113. The summed E-state index contributed by atoms with van der Waals surface area (Å²) in [6.07, 6.45) is 1.60. The van der Waals surface area contributed by atoms with Crippen LogP contribution in [-0.2, 0) is 4.79 Å². The fraction of sp³-hybridized carbons (Fsp3) is 0.111. The Morgan fingerprint density at radius 1 is 1.04 bits per heavy atom. The molecular formula is C18H15NO5S. The zero-order chi connectivity index (χ0) is 18.0. The molecule has 2 aromatic carbocycles. The number of ether oxygens (including phenoxy) is 2. The van der Waals surface area contributed by atoms with Crippen LogP contribution in [0.1, 0.15) is 5.56 Å². The Hall–Kier alpha value is -2.93. The highest BCUT2D eigenvalue weighted by atomic mass is 32.2. The molecule has 128 valence electrons. The highest BCUT2D eigenvalue weighted by Crippen LogP contribution is 2.39. The molecule has 0 saturated carbocycles. The van der Waals surface area contributed by atoms with Crippen molar-refractivity contribution in [2.45, 2.75) is 0 Å².